The van der Waals surface area contributed by atoms with Crippen LogP contribution >= 0.6 is 11.6 Å². The summed E-state index contributed by atoms with van der Waals surface area (Å²) >= 11 is 5.74. The predicted molar refractivity (Wildman–Crippen MR) is 39.0 cm³/mol. The summed E-state index contributed by atoms with van der Waals surface area (Å²) in [5.41, 5.74) is 0.778. The van der Waals surface area contributed by atoms with Gasteiger partial charge in [-0.2, -0.15) is 0 Å². The van der Waals surface area contributed by atoms with E-state index < -0.39 is 0 Å². The van der Waals surface area contributed by atoms with Gasteiger partial charge in [0.1, 0.15) is 11.8 Å². The molecule has 3 heteroatoms. The molecule has 0 aliphatic rings. The van der Waals surface area contributed by atoms with E-state index in [0.717, 1.165) is 11.0 Å². The average molecular weight is 154 g/mol. The minimum atomic E-state index is 0.614. The van der Waals surface area contributed by atoms with Gasteiger partial charge in [0.05, 0.1) is 10.4 Å². The van der Waals surface area contributed by atoms with Crippen LogP contribution < -0.4 is 0 Å². The highest BCUT2D eigenvalue weighted by Gasteiger charge is 2.00. The molecule has 0 amide bonds. The average Bonchev–Trinajstić information content (AvgIpc) is 2.34. The van der Waals surface area contributed by atoms with E-state index in [0.29, 0.717) is 5.02 Å². The zero-order chi connectivity index (χ0) is 6.97. The van der Waals surface area contributed by atoms with Gasteiger partial charge in [0.2, 0.25) is 0 Å². The van der Waals surface area contributed by atoms with Crippen LogP contribution in [0.15, 0.2) is 29.1 Å². The van der Waals surface area contributed by atoms with Crippen molar-refractivity contribution in [2.45, 2.75) is 0 Å². The topological polar surface area (TPSA) is 26.0 Å². The SMILES string of the molecule is Clc1coc2ccncc12. The molecule has 0 fully saturated rings. The second kappa shape index (κ2) is 1.99. The fourth-order valence-electron chi connectivity index (χ4n) is 0.843. The fourth-order valence-corrected chi connectivity index (χ4v) is 1.03. The molecule has 0 atom stereocenters. The summed E-state index contributed by atoms with van der Waals surface area (Å²) in [6.07, 6.45) is 4.86. The Balaban J connectivity index is 2.93. The molecule has 0 radical (unpaired) electrons. The Kier molecular flexibility index (Phi) is 1.14. The standard InChI is InChI=1S/C7H4ClNO/c8-6-4-10-7-1-2-9-3-5(6)7/h1-4H. The molecule has 2 heterocycles. The summed E-state index contributed by atoms with van der Waals surface area (Å²) in [5.74, 6) is 0. The predicted octanol–water partition coefficient (Wildman–Crippen LogP) is 2.48. The van der Waals surface area contributed by atoms with Crippen LogP contribution in [0.25, 0.3) is 11.0 Å². The molecule has 0 aliphatic heterocycles. The highest BCUT2D eigenvalue weighted by atomic mass is 35.5. The van der Waals surface area contributed by atoms with Gasteiger partial charge in [-0.3, -0.25) is 4.98 Å². The molecule has 0 aliphatic carbocycles. The lowest BCUT2D eigenvalue weighted by atomic mass is 10.3. The van der Waals surface area contributed by atoms with Gasteiger partial charge in [-0.1, -0.05) is 11.6 Å². The molecule has 0 saturated heterocycles. The summed E-state index contributed by atoms with van der Waals surface area (Å²) in [4.78, 5) is 3.90. The van der Waals surface area contributed by atoms with Crippen molar-refractivity contribution < 1.29 is 4.42 Å². The highest BCUT2D eigenvalue weighted by molar-refractivity contribution is 6.35. The number of aromatic nitrogens is 1. The second-order valence-electron chi connectivity index (χ2n) is 1.96. The maximum absolute atomic E-state index is 5.74. The molecule has 0 spiro atoms. The van der Waals surface area contributed by atoms with Gasteiger partial charge < -0.3 is 4.42 Å². The van der Waals surface area contributed by atoms with E-state index in [4.69, 9.17) is 16.0 Å². The van der Waals surface area contributed by atoms with Crippen molar-refractivity contribution in [3.63, 3.8) is 0 Å². The Morgan fingerprint density at radius 2 is 2.40 bits per heavy atom. The van der Waals surface area contributed by atoms with E-state index >= 15 is 0 Å². The molecule has 10 heavy (non-hydrogen) atoms. The van der Waals surface area contributed by atoms with E-state index in [9.17, 15) is 0 Å². The lowest BCUT2D eigenvalue weighted by Gasteiger charge is -1.82. The number of halogens is 1. The van der Waals surface area contributed by atoms with Crippen LogP contribution in [0.3, 0.4) is 0 Å². The molecule has 0 unspecified atom stereocenters. The monoisotopic (exact) mass is 153 g/mol. The van der Waals surface area contributed by atoms with Crippen molar-refractivity contribution in [2.75, 3.05) is 0 Å². The Labute approximate surface area is 62.4 Å². The van der Waals surface area contributed by atoms with E-state index in [1.807, 2.05) is 0 Å². The van der Waals surface area contributed by atoms with Crippen molar-refractivity contribution in [3.05, 3.63) is 29.7 Å². The number of hydrogen-bond donors (Lipinski definition) is 0. The summed E-state index contributed by atoms with van der Waals surface area (Å²) in [6, 6.07) is 1.78. The van der Waals surface area contributed by atoms with Gasteiger partial charge >= 0.3 is 0 Å². The molecule has 2 aromatic rings. The number of furan rings is 1. The first-order chi connectivity index (χ1) is 4.88. The smallest absolute Gasteiger partial charge is 0.138 e. The largest absolute Gasteiger partial charge is 0.463 e. The Morgan fingerprint density at radius 3 is 3.20 bits per heavy atom. The molecular formula is C7H4ClNO. The van der Waals surface area contributed by atoms with Crippen molar-refractivity contribution in [2.24, 2.45) is 0 Å². The minimum absolute atomic E-state index is 0.614. The van der Waals surface area contributed by atoms with Crippen molar-refractivity contribution in [3.8, 4) is 0 Å². The van der Waals surface area contributed by atoms with Gasteiger partial charge in [0.25, 0.3) is 0 Å². The molecule has 0 saturated carbocycles. The van der Waals surface area contributed by atoms with Crippen LogP contribution in [-0.2, 0) is 0 Å². The number of pyridine rings is 1. The van der Waals surface area contributed by atoms with Gasteiger partial charge in [0, 0.05) is 12.4 Å². The van der Waals surface area contributed by atoms with Crippen LogP contribution in [0.2, 0.25) is 5.02 Å². The number of rotatable bonds is 0. The zero-order valence-corrected chi connectivity index (χ0v) is 5.80. The van der Waals surface area contributed by atoms with Crippen LogP contribution in [0, 0.1) is 0 Å². The fraction of sp³-hybridized carbons (Fsp3) is 0. The number of nitrogens with zero attached hydrogens (tertiary/aromatic N) is 1. The molecule has 0 aromatic carbocycles. The van der Waals surface area contributed by atoms with Gasteiger partial charge in [-0.15, -0.1) is 0 Å². The molecule has 0 bridgehead atoms. The third-order valence-corrected chi connectivity index (χ3v) is 1.62. The van der Waals surface area contributed by atoms with E-state index in [1.54, 1.807) is 18.5 Å². The van der Waals surface area contributed by atoms with Crippen LogP contribution in [0.4, 0.5) is 0 Å². The number of hydrogen-bond acceptors (Lipinski definition) is 2. The van der Waals surface area contributed by atoms with Gasteiger partial charge in [0.15, 0.2) is 0 Å². The van der Waals surface area contributed by atoms with Crippen LogP contribution in [0.5, 0.6) is 0 Å². The Bertz CT molecular complexity index is 355. The minimum Gasteiger partial charge on any atom is -0.463 e. The zero-order valence-electron chi connectivity index (χ0n) is 5.04. The van der Waals surface area contributed by atoms with Crippen molar-refractivity contribution in [1.82, 2.24) is 4.98 Å². The summed E-state index contributed by atoms with van der Waals surface area (Å²) in [6.45, 7) is 0. The lowest BCUT2D eigenvalue weighted by Crippen LogP contribution is -1.66. The second-order valence-corrected chi connectivity index (χ2v) is 2.36. The Morgan fingerprint density at radius 1 is 1.50 bits per heavy atom. The lowest BCUT2D eigenvalue weighted by molar-refractivity contribution is 0.615. The van der Waals surface area contributed by atoms with Crippen molar-refractivity contribution in [1.29, 1.82) is 0 Å². The first-order valence-corrected chi connectivity index (χ1v) is 3.22. The van der Waals surface area contributed by atoms with E-state index in [-0.39, 0.29) is 0 Å². The first-order valence-electron chi connectivity index (χ1n) is 2.84. The van der Waals surface area contributed by atoms with E-state index in [1.165, 1.54) is 6.26 Å². The third kappa shape index (κ3) is 0.693. The Hall–Kier alpha value is -1.02. The maximum Gasteiger partial charge on any atom is 0.138 e. The quantitative estimate of drug-likeness (QED) is 0.581. The maximum atomic E-state index is 5.74. The van der Waals surface area contributed by atoms with Gasteiger partial charge in [-0.05, 0) is 6.07 Å². The summed E-state index contributed by atoms with van der Waals surface area (Å²) < 4.78 is 5.08. The first kappa shape index (κ1) is 5.74. The highest BCUT2D eigenvalue weighted by Crippen LogP contribution is 2.23. The molecule has 2 rings (SSSR count). The molecule has 2 aromatic heterocycles. The normalized spacial score (nSPS) is 10.5. The summed E-state index contributed by atoms with van der Waals surface area (Å²) in [7, 11) is 0. The summed E-state index contributed by atoms with van der Waals surface area (Å²) in [5, 5.41) is 1.48. The van der Waals surface area contributed by atoms with Crippen LogP contribution in [-0.4, -0.2) is 4.98 Å². The van der Waals surface area contributed by atoms with E-state index in [2.05, 4.69) is 4.98 Å². The number of fused-ring (bicyclic) bond motifs is 1. The molecule has 2 nitrogen and oxygen atoms in total. The van der Waals surface area contributed by atoms with Crippen LogP contribution in [0.1, 0.15) is 0 Å². The third-order valence-electron chi connectivity index (χ3n) is 1.33. The molecule has 0 N–H and O–H groups in total. The molecule has 50 valence electrons. The van der Waals surface area contributed by atoms with Gasteiger partial charge in [-0.25, -0.2) is 0 Å². The molecular weight excluding hydrogens is 150 g/mol. The van der Waals surface area contributed by atoms with Crippen molar-refractivity contribution >= 4 is 22.6 Å².